The van der Waals surface area contributed by atoms with Crippen LogP contribution >= 0.6 is 22.9 Å². The number of carbonyl (C=O) groups is 1. The van der Waals surface area contributed by atoms with Gasteiger partial charge in [0.05, 0.1) is 22.1 Å². The molecule has 4 aliphatic rings. The number of aromatic amines is 1. The minimum atomic E-state index is -0.833. The molecule has 4 saturated carbocycles. The molecule has 0 aliphatic heterocycles. The summed E-state index contributed by atoms with van der Waals surface area (Å²) in [7, 11) is 0. The number of aryl methyl sites for hydroxylation is 1. The molecule has 178 valence electrons. The maximum Gasteiger partial charge on any atom is 0.312 e. The molecule has 5 atom stereocenters. The van der Waals surface area contributed by atoms with E-state index in [4.69, 9.17) is 11.6 Å². The fourth-order valence-electron chi connectivity index (χ4n) is 6.62. The summed E-state index contributed by atoms with van der Waals surface area (Å²) in [6, 6.07) is 3.38. The molecule has 4 heterocycles. The van der Waals surface area contributed by atoms with Gasteiger partial charge in [-0.2, -0.15) is 0 Å². The predicted molar refractivity (Wildman–Crippen MR) is 130 cm³/mol. The zero-order valence-corrected chi connectivity index (χ0v) is 20.1. The SMILES string of the molecule is Cc1ccc(-c2nc(-c3c[nH]c4ncc(Cl)nc34)nc(N[C@H]3C4CCC5C(C4)[C@@]53C(=O)O)c2F)s1. The summed E-state index contributed by atoms with van der Waals surface area (Å²) in [5.41, 5.74) is 0.865. The van der Waals surface area contributed by atoms with Crippen molar-refractivity contribution in [3.8, 4) is 22.0 Å². The monoisotopic (exact) mass is 510 g/mol. The molecule has 0 saturated heterocycles. The second kappa shape index (κ2) is 7.20. The Morgan fingerprint density at radius 2 is 2.14 bits per heavy atom. The van der Waals surface area contributed by atoms with Gasteiger partial charge in [0.1, 0.15) is 16.4 Å². The Kier molecular flexibility index (Phi) is 4.36. The van der Waals surface area contributed by atoms with Crippen molar-refractivity contribution in [1.82, 2.24) is 24.9 Å². The number of nitrogens with zero attached hydrogens (tertiary/aromatic N) is 4. The summed E-state index contributed by atoms with van der Waals surface area (Å²) < 4.78 is 15.9. The van der Waals surface area contributed by atoms with Crippen LogP contribution in [0.3, 0.4) is 0 Å². The maximum absolute atomic E-state index is 15.9. The van der Waals surface area contributed by atoms with Crippen LogP contribution in [0.4, 0.5) is 10.2 Å². The van der Waals surface area contributed by atoms with E-state index in [0.717, 1.165) is 24.1 Å². The fraction of sp³-hybridized carbons (Fsp3) is 0.375. The number of fused-ring (bicyclic) bond motifs is 2. The van der Waals surface area contributed by atoms with Gasteiger partial charge in [0, 0.05) is 17.1 Å². The minimum Gasteiger partial charge on any atom is -0.481 e. The highest BCUT2D eigenvalue weighted by molar-refractivity contribution is 7.15. The van der Waals surface area contributed by atoms with Gasteiger partial charge in [0.2, 0.25) is 0 Å². The van der Waals surface area contributed by atoms with E-state index >= 15 is 4.39 Å². The van der Waals surface area contributed by atoms with E-state index in [0.29, 0.717) is 21.6 Å². The van der Waals surface area contributed by atoms with E-state index in [1.807, 2.05) is 19.1 Å². The first-order valence-corrected chi connectivity index (χ1v) is 12.7. The molecule has 4 bridgehead atoms. The highest BCUT2D eigenvalue weighted by Crippen LogP contribution is 2.76. The summed E-state index contributed by atoms with van der Waals surface area (Å²) in [4.78, 5) is 34.8. The molecule has 0 amide bonds. The number of aliphatic carboxylic acids is 1. The summed E-state index contributed by atoms with van der Waals surface area (Å²) in [5, 5.41) is 13.6. The number of hydrogen-bond acceptors (Lipinski definition) is 7. The van der Waals surface area contributed by atoms with Crippen LogP contribution in [0.25, 0.3) is 33.1 Å². The van der Waals surface area contributed by atoms with Gasteiger partial charge >= 0.3 is 5.97 Å². The smallest absolute Gasteiger partial charge is 0.312 e. The zero-order chi connectivity index (χ0) is 24.1. The molecule has 4 aromatic rings. The molecule has 11 heteroatoms. The number of halogens is 2. The molecule has 0 radical (unpaired) electrons. The van der Waals surface area contributed by atoms with Crippen LogP contribution < -0.4 is 5.32 Å². The maximum atomic E-state index is 15.9. The van der Waals surface area contributed by atoms with Crippen molar-refractivity contribution in [2.24, 2.45) is 23.2 Å². The summed E-state index contributed by atoms with van der Waals surface area (Å²) in [5.74, 6) is -0.605. The van der Waals surface area contributed by atoms with E-state index in [9.17, 15) is 9.90 Å². The first kappa shape index (κ1) is 21.2. The topological polar surface area (TPSA) is 117 Å². The Morgan fingerprint density at radius 1 is 1.29 bits per heavy atom. The lowest BCUT2D eigenvalue weighted by molar-refractivity contribution is -0.145. The zero-order valence-electron chi connectivity index (χ0n) is 18.5. The van der Waals surface area contributed by atoms with E-state index in [1.54, 1.807) is 6.20 Å². The molecule has 8 rings (SSSR count). The number of nitrogens with one attached hydrogen (secondary N) is 2. The molecular weight excluding hydrogens is 491 g/mol. The van der Waals surface area contributed by atoms with Crippen molar-refractivity contribution in [2.75, 3.05) is 5.32 Å². The molecule has 8 nitrogen and oxygen atoms in total. The molecule has 4 fully saturated rings. The van der Waals surface area contributed by atoms with Gasteiger partial charge in [-0.25, -0.2) is 24.3 Å². The molecule has 35 heavy (non-hydrogen) atoms. The molecule has 0 spiro atoms. The van der Waals surface area contributed by atoms with Crippen LogP contribution in [0.5, 0.6) is 0 Å². The van der Waals surface area contributed by atoms with Crippen LogP contribution in [0, 0.1) is 35.9 Å². The van der Waals surface area contributed by atoms with Gasteiger partial charge in [-0.3, -0.25) is 4.79 Å². The third kappa shape index (κ3) is 2.86. The first-order valence-electron chi connectivity index (χ1n) is 11.5. The van der Waals surface area contributed by atoms with Crippen LogP contribution in [0.1, 0.15) is 24.1 Å². The normalized spacial score (nSPS) is 28.4. The highest BCUT2D eigenvalue weighted by atomic mass is 35.5. The van der Waals surface area contributed by atoms with Gasteiger partial charge in [0.15, 0.2) is 23.1 Å². The Hall–Kier alpha value is -3.11. The minimum absolute atomic E-state index is 0.0178. The number of rotatable bonds is 5. The molecule has 4 aromatic heterocycles. The van der Waals surface area contributed by atoms with E-state index in [2.05, 4.69) is 30.2 Å². The van der Waals surface area contributed by atoms with Crippen LogP contribution in [-0.4, -0.2) is 42.0 Å². The average Bonchev–Trinajstić information content (AvgIpc) is 3.12. The van der Waals surface area contributed by atoms with Gasteiger partial charge in [-0.1, -0.05) is 11.6 Å². The van der Waals surface area contributed by atoms with Crippen molar-refractivity contribution in [1.29, 1.82) is 0 Å². The van der Waals surface area contributed by atoms with Crippen LogP contribution in [-0.2, 0) is 4.79 Å². The van der Waals surface area contributed by atoms with Gasteiger partial charge in [0.25, 0.3) is 0 Å². The lowest BCUT2D eigenvalue weighted by Gasteiger charge is -2.34. The second-order valence-corrected chi connectivity index (χ2v) is 11.4. The number of carboxylic acids is 1. The van der Waals surface area contributed by atoms with E-state index in [-0.39, 0.29) is 46.3 Å². The Balaban J connectivity index is 1.39. The number of carboxylic acid groups (broad SMARTS) is 1. The third-order valence-corrected chi connectivity index (χ3v) is 9.26. The van der Waals surface area contributed by atoms with Crippen molar-refractivity contribution < 1.29 is 14.3 Å². The summed E-state index contributed by atoms with van der Waals surface area (Å²) in [6.45, 7) is 1.95. The van der Waals surface area contributed by atoms with Crippen LogP contribution in [0.2, 0.25) is 5.15 Å². The number of anilines is 1. The van der Waals surface area contributed by atoms with E-state index in [1.165, 1.54) is 17.5 Å². The largest absolute Gasteiger partial charge is 0.481 e. The molecule has 0 aromatic carbocycles. The Labute approximate surface area is 208 Å². The first-order chi connectivity index (χ1) is 16.9. The van der Waals surface area contributed by atoms with Gasteiger partial charge < -0.3 is 15.4 Å². The lowest BCUT2D eigenvalue weighted by atomic mass is 9.77. The van der Waals surface area contributed by atoms with Crippen molar-refractivity contribution in [2.45, 2.75) is 32.2 Å². The third-order valence-electron chi connectivity index (χ3n) is 8.07. The number of H-pyrrole nitrogens is 1. The summed E-state index contributed by atoms with van der Waals surface area (Å²) >= 11 is 7.52. The van der Waals surface area contributed by atoms with Crippen molar-refractivity contribution in [3.63, 3.8) is 0 Å². The summed E-state index contributed by atoms with van der Waals surface area (Å²) in [6.07, 6.45) is 5.85. The fourth-order valence-corrected chi connectivity index (χ4v) is 7.60. The average molecular weight is 511 g/mol. The lowest BCUT2D eigenvalue weighted by Crippen LogP contribution is -2.43. The molecule has 3 N–H and O–H groups in total. The van der Waals surface area contributed by atoms with E-state index < -0.39 is 17.2 Å². The number of aromatic nitrogens is 5. The van der Waals surface area contributed by atoms with Crippen molar-refractivity contribution in [3.05, 3.63) is 40.4 Å². The molecule has 3 unspecified atom stereocenters. The Morgan fingerprint density at radius 3 is 2.89 bits per heavy atom. The Bertz CT molecular complexity index is 1530. The number of thiophene rings is 1. The molecule has 4 aliphatic carbocycles. The highest BCUT2D eigenvalue weighted by Gasteiger charge is 2.80. The van der Waals surface area contributed by atoms with Gasteiger partial charge in [-0.15, -0.1) is 11.3 Å². The standard InChI is InChI=1S/C24H20ClFN6O2S/c1-9-2-5-14(35-9)18-16(26)21(31-19-10-3-4-12-13(6-10)24(12,19)23(33)34)32-20(30-18)11-7-27-22-17(11)29-15(25)8-28-22/h2,5,7-8,10,12-13,19H,3-4,6H2,1H3,(H,27,28)(H,33,34)(H,30,31,32)/t10?,12?,13?,19-,24-/m0/s1. The predicted octanol–water partition coefficient (Wildman–Crippen LogP) is 5.16. The van der Waals surface area contributed by atoms with Crippen LogP contribution in [0.15, 0.2) is 24.5 Å². The van der Waals surface area contributed by atoms with Gasteiger partial charge in [-0.05, 0) is 56.1 Å². The number of hydrogen-bond donors (Lipinski definition) is 3. The van der Waals surface area contributed by atoms with Crippen molar-refractivity contribution >= 4 is 45.9 Å². The second-order valence-electron chi connectivity index (χ2n) is 9.71. The molecular formula is C24H20ClFN6O2S. The quantitative estimate of drug-likeness (QED) is 0.339.